The van der Waals surface area contributed by atoms with Gasteiger partial charge in [0.15, 0.2) is 6.29 Å². The second-order valence-corrected chi connectivity index (χ2v) is 7.63. The van der Waals surface area contributed by atoms with Crippen molar-refractivity contribution < 1.29 is 14.1 Å². The van der Waals surface area contributed by atoms with E-state index in [9.17, 15) is 4.79 Å². The molecule has 5 heteroatoms. The Morgan fingerprint density at radius 1 is 1.12 bits per heavy atom. The summed E-state index contributed by atoms with van der Waals surface area (Å²) in [5.41, 5.74) is 0.445. The van der Waals surface area contributed by atoms with Crippen molar-refractivity contribution in [3.05, 3.63) is 53.1 Å². The number of hydrogen-bond acceptors (Lipinski definition) is 3. The molecule has 0 saturated carbocycles. The zero-order valence-corrected chi connectivity index (χ0v) is 15.6. The van der Waals surface area contributed by atoms with E-state index in [1.807, 2.05) is 42.5 Å². The third-order valence-corrected chi connectivity index (χ3v) is 5.80. The summed E-state index contributed by atoms with van der Waals surface area (Å²) in [5, 5.41) is 2.44. The number of unbranched alkanes of at least 4 members (excludes halogenated alkanes) is 2. The summed E-state index contributed by atoms with van der Waals surface area (Å²) >= 11 is 6.30. The predicted molar refractivity (Wildman–Crippen MR) is 101 cm³/mol. The fraction of sp³-hybridized carbons (Fsp3) is 0.316. The number of rotatable bonds is 9. The van der Waals surface area contributed by atoms with E-state index in [2.05, 4.69) is 6.92 Å². The van der Waals surface area contributed by atoms with Crippen molar-refractivity contribution >= 4 is 36.6 Å². The quantitative estimate of drug-likeness (QED) is 0.367. The molecule has 0 spiro atoms. The molecule has 0 bridgehead atoms. The van der Waals surface area contributed by atoms with Crippen molar-refractivity contribution in [1.29, 1.82) is 0 Å². The Kier molecular flexibility index (Phi) is 7.71. The van der Waals surface area contributed by atoms with Gasteiger partial charge in [-0.1, -0.05) is 61.7 Å². The summed E-state index contributed by atoms with van der Waals surface area (Å²) < 4.78 is 11.4. The van der Waals surface area contributed by atoms with Crippen LogP contribution in [0, 0.1) is 0 Å². The van der Waals surface area contributed by atoms with Crippen molar-refractivity contribution in [1.82, 2.24) is 0 Å². The maximum atomic E-state index is 11.4. The van der Waals surface area contributed by atoms with Crippen LogP contribution in [0.4, 0.5) is 0 Å². The van der Waals surface area contributed by atoms with Crippen molar-refractivity contribution in [3.63, 3.8) is 0 Å². The van der Waals surface area contributed by atoms with Crippen LogP contribution < -0.4 is 15.3 Å². The molecule has 128 valence electrons. The number of benzene rings is 2. The molecule has 0 aliphatic carbocycles. The van der Waals surface area contributed by atoms with Crippen LogP contribution in [-0.2, 0) is 4.52 Å². The summed E-state index contributed by atoms with van der Waals surface area (Å²) in [6, 6.07) is 13.7. The van der Waals surface area contributed by atoms with E-state index in [-0.39, 0.29) is 0 Å². The summed E-state index contributed by atoms with van der Waals surface area (Å²) in [6.45, 7) is 2.86. The van der Waals surface area contributed by atoms with Gasteiger partial charge in [-0.05, 0) is 18.6 Å². The van der Waals surface area contributed by atoms with E-state index < -0.39 is 8.15 Å². The molecule has 0 amide bonds. The minimum Gasteiger partial charge on any atom is -0.494 e. The Morgan fingerprint density at radius 3 is 2.50 bits per heavy atom. The van der Waals surface area contributed by atoms with E-state index in [1.165, 1.54) is 7.11 Å². The number of halogens is 1. The van der Waals surface area contributed by atoms with E-state index in [4.69, 9.17) is 20.9 Å². The van der Waals surface area contributed by atoms with Gasteiger partial charge in [0, 0.05) is 10.6 Å². The molecule has 0 fully saturated rings. The molecule has 1 unspecified atom stereocenters. The standard InChI is InChI=1S/C19H22ClO3P/c1-3-4-8-11-23-24(16-9-6-5-7-10-16)17-12-15(14-21)19(22-2)18(20)13-17/h5-7,9-10,12-14H,3-4,8,11H2,1-2H3. The summed E-state index contributed by atoms with van der Waals surface area (Å²) in [4.78, 5) is 11.4. The molecule has 2 aromatic carbocycles. The van der Waals surface area contributed by atoms with Crippen LogP contribution in [0.1, 0.15) is 36.5 Å². The first-order valence-electron chi connectivity index (χ1n) is 8.02. The van der Waals surface area contributed by atoms with Gasteiger partial charge in [0.1, 0.15) is 5.75 Å². The van der Waals surface area contributed by atoms with Crippen LogP contribution in [0.5, 0.6) is 5.75 Å². The van der Waals surface area contributed by atoms with Crippen molar-refractivity contribution in [2.75, 3.05) is 13.7 Å². The molecule has 3 nitrogen and oxygen atoms in total. The number of hydrogen-bond donors (Lipinski definition) is 0. The van der Waals surface area contributed by atoms with Crippen LogP contribution in [-0.4, -0.2) is 20.0 Å². The van der Waals surface area contributed by atoms with Crippen molar-refractivity contribution in [3.8, 4) is 5.75 Å². The predicted octanol–water partition coefficient (Wildman–Crippen LogP) is 4.72. The Morgan fingerprint density at radius 2 is 1.88 bits per heavy atom. The molecule has 0 N–H and O–H groups in total. The molecule has 0 aromatic heterocycles. The molecule has 2 rings (SSSR count). The number of aldehydes is 1. The average molecular weight is 365 g/mol. The molecule has 0 saturated heterocycles. The Hall–Kier alpha value is -1.41. The molecule has 0 aliphatic rings. The van der Waals surface area contributed by atoms with E-state index in [0.717, 1.165) is 36.2 Å². The van der Waals surface area contributed by atoms with Crippen LogP contribution >= 0.6 is 19.7 Å². The molecular formula is C19H22ClO3P. The van der Waals surface area contributed by atoms with Crippen LogP contribution in [0.15, 0.2) is 42.5 Å². The summed E-state index contributed by atoms with van der Waals surface area (Å²) in [7, 11) is 0.487. The van der Waals surface area contributed by atoms with Gasteiger partial charge in [-0.25, -0.2) is 0 Å². The molecule has 0 radical (unpaired) electrons. The zero-order valence-electron chi connectivity index (χ0n) is 14.0. The van der Waals surface area contributed by atoms with Gasteiger partial charge >= 0.3 is 0 Å². The topological polar surface area (TPSA) is 35.5 Å². The number of ether oxygens (including phenoxy) is 1. The fourth-order valence-corrected chi connectivity index (χ4v) is 4.62. The number of carbonyl (C=O) groups is 1. The van der Waals surface area contributed by atoms with Crippen LogP contribution in [0.2, 0.25) is 5.02 Å². The highest BCUT2D eigenvalue weighted by atomic mass is 35.5. The third-order valence-electron chi connectivity index (χ3n) is 3.58. The second kappa shape index (κ2) is 9.78. The summed E-state index contributed by atoms with van der Waals surface area (Å²) in [6.07, 6.45) is 4.08. The maximum absolute atomic E-state index is 11.4. The van der Waals surface area contributed by atoms with Gasteiger partial charge in [-0.3, -0.25) is 4.79 Å². The maximum Gasteiger partial charge on any atom is 0.153 e. The second-order valence-electron chi connectivity index (χ2n) is 5.34. The lowest BCUT2D eigenvalue weighted by Gasteiger charge is -2.20. The highest BCUT2D eigenvalue weighted by Gasteiger charge is 2.19. The largest absolute Gasteiger partial charge is 0.494 e. The molecular weight excluding hydrogens is 343 g/mol. The Balaban J connectivity index is 2.36. The first-order valence-corrected chi connectivity index (χ1v) is 9.65. The van der Waals surface area contributed by atoms with Gasteiger partial charge in [-0.15, -0.1) is 0 Å². The minimum absolute atomic E-state index is 0.407. The Bertz CT molecular complexity index is 661. The smallest absolute Gasteiger partial charge is 0.153 e. The van der Waals surface area contributed by atoms with Gasteiger partial charge in [0.25, 0.3) is 0 Å². The van der Waals surface area contributed by atoms with E-state index in [1.54, 1.807) is 0 Å². The van der Waals surface area contributed by atoms with Gasteiger partial charge in [0.05, 0.1) is 32.5 Å². The zero-order chi connectivity index (χ0) is 17.4. The van der Waals surface area contributed by atoms with E-state index >= 15 is 0 Å². The van der Waals surface area contributed by atoms with Crippen LogP contribution in [0.25, 0.3) is 0 Å². The lowest BCUT2D eigenvalue weighted by atomic mass is 10.2. The lowest BCUT2D eigenvalue weighted by Crippen LogP contribution is -2.15. The van der Waals surface area contributed by atoms with Crippen molar-refractivity contribution in [2.45, 2.75) is 26.2 Å². The molecule has 24 heavy (non-hydrogen) atoms. The minimum atomic E-state index is -1.02. The monoisotopic (exact) mass is 364 g/mol. The Labute approximate surface area is 149 Å². The fourth-order valence-electron chi connectivity index (χ4n) is 2.39. The SMILES string of the molecule is CCCCCOP(c1ccccc1)c1cc(Cl)c(OC)c(C=O)c1. The number of carbonyl (C=O) groups excluding carboxylic acids is 1. The van der Waals surface area contributed by atoms with Gasteiger partial charge in [0.2, 0.25) is 0 Å². The van der Waals surface area contributed by atoms with Gasteiger partial charge in [-0.2, -0.15) is 0 Å². The highest BCUT2D eigenvalue weighted by Crippen LogP contribution is 2.38. The number of methoxy groups -OCH3 is 1. The van der Waals surface area contributed by atoms with Crippen LogP contribution in [0.3, 0.4) is 0 Å². The van der Waals surface area contributed by atoms with Gasteiger partial charge < -0.3 is 9.26 Å². The van der Waals surface area contributed by atoms with E-state index in [0.29, 0.717) is 22.9 Å². The third kappa shape index (κ3) is 4.80. The normalized spacial score (nSPS) is 12.0. The summed E-state index contributed by atoms with van der Waals surface area (Å²) in [5.74, 6) is 0.407. The molecule has 0 aliphatic heterocycles. The first-order chi connectivity index (χ1) is 11.7. The molecule has 2 aromatic rings. The average Bonchev–Trinajstić information content (AvgIpc) is 2.61. The first kappa shape index (κ1) is 18.9. The molecule has 1 atom stereocenters. The highest BCUT2D eigenvalue weighted by molar-refractivity contribution is 7.68. The van der Waals surface area contributed by atoms with Crippen molar-refractivity contribution in [2.24, 2.45) is 0 Å². The lowest BCUT2D eigenvalue weighted by molar-refractivity contribution is 0.112. The molecule has 0 heterocycles.